The molecule has 0 amide bonds. The largest absolute Gasteiger partial charge is 0.299 e. The summed E-state index contributed by atoms with van der Waals surface area (Å²) in [5.74, 6) is 2.80. The minimum Gasteiger partial charge on any atom is -0.299 e. The summed E-state index contributed by atoms with van der Waals surface area (Å²) in [6.07, 6.45) is 7.32. The summed E-state index contributed by atoms with van der Waals surface area (Å²) in [5, 5.41) is 0. The predicted octanol–water partition coefficient (Wildman–Crippen LogP) is 2.79. The van der Waals surface area contributed by atoms with Crippen LogP contribution in [0.3, 0.4) is 0 Å². The third-order valence-electron chi connectivity index (χ3n) is 4.95. The van der Waals surface area contributed by atoms with Gasteiger partial charge in [0.2, 0.25) is 0 Å². The molecule has 4 atom stereocenters. The monoisotopic (exact) mass is 178 g/mol. The molecule has 0 aromatic heterocycles. The minimum absolute atomic E-state index is 0.474. The average Bonchev–Trinajstić information content (AvgIpc) is 2.54. The van der Waals surface area contributed by atoms with E-state index in [1.165, 1.54) is 32.1 Å². The van der Waals surface area contributed by atoms with Crippen molar-refractivity contribution in [1.29, 1.82) is 0 Å². The van der Waals surface area contributed by atoms with Crippen LogP contribution >= 0.6 is 0 Å². The Hall–Kier alpha value is -0.330. The lowest BCUT2D eigenvalue weighted by Crippen LogP contribution is -2.32. The van der Waals surface area contributed by atoms with Gasteiger partial charge in [0, 0.05) is 12.3 Å². The third kappa shape index (κ3) is 0.963. The third-order valence-corrected chi connectivity index (χ3v) is 4.95. The van der Waals surface area contributed by atoms with Crippen LogP contribution in [0.2, 0.25) is 0 Å². The smallest absolute Gasteiger partial charge is 0.136 e. The summed E-state index contributed by atoms with van der Waals surface area (Å²) >= 11 is 0. The molecule has 3 saturated carbocycles. The fourth-order valence-corrected chi connectivity index (χ4v) is 4.28. The van der Waals surface area contributed by atoms with E-state index in [2.05, 4.69) is 6.92 Å². The summed E-state index contributed by atoms with van der Waals surface area (Å²) in [7, 11) is 0. The standard InChI is InChI=1S/C12H18O/c1-12-6-8-5-9(12)3-2-4-11(13)10(8)7-12/h8-10H,2-7H2,1H3/t8?,9?,10?,12-/m1/s1. The zero-order chi connectivity index (χ0) is 9.05. The highest BCUT2D eigenvalue weighted by molar-refractivity contribution is 5.82. The average molecular weight is 178 g/mol. The molecule has 3 rings (SSSR count). The van der Waals surface area contributed by atoms with Gasteiger partial charge in [-0.3, -0.25) is 4.79 Å². The number of hydrogen-bond acceptors (Lipinski definition) is 1. The second-order valence-corrected chi connectivity index (χ2v) is 5.72. The minimum atomic E-state index is 0.474. The summed E-state index contributed by atoms with van der Waals surface area (Å²) in [6.45, 7) is 2.43. The molecule has 0 radical (unpaired) electrons. The second kappa shape index (κ2) is 2.37. The Bertz CT molecular complexity index is 258. The Morgan fingerprint density at radius 3 is 2.92 bits per heavy atom. The number of fused-ring (bicyclic) bond motifs is 3. The van der Waals surface area contributed by atoms with Gasteiger partial charge in [0.05, 0.1) is 0 Å². The first-order valence-corrected chi connectivity index (χ1v) is 5.72. The van der Waals surface area contributed by atoms with E-state index in [4.69, 9.17) is 0 Å². The molecule has 72 valence electrons. The number of Topliss-reactive ketones (excluding diaryl/α,β-unsaturated/α-hetero) is 1. The fourth-order valence-electron chi connectivity index (χ4n) is 4.28. The van der Waals surface area contributed by atoms with E-state index in [1.807, 2.05) is 0 Å². The Morgan fingerprint density at radius 1 is 1.38 bits per heavy atom. The first-order chi connectivity index (χ1) is 6.19. The van der Waals surface area contributed by atoms with Crippen molar-refractivity contribution in [3.8, 4) is 0 Å². The number of carbonyl (C=O) groups is 1. The molecule has 0 N–H and O–H groups in total. The molecule has 1 nitrogen and oxygen atoms in total. The van der Waals surface area contributed by atoms with E-state index in [1.54, 1.807) is 0 Å². The summed E-state index contributed by atoms with van der Waals surface area (Å²) in [5.41, 5.74) is 0.561. The van der Waals surface area contributed by atoms with Crippen molar-refractivity contribution in [1.82, 2.24) is 0 Å². The van der Waals surface area contributed by atoms with Crippen LogP contribution in [0.25, 0.3) is 0 Å². The van der Waals surface area contributed by atoms with Crippen molar-refractivity contribution in [3.05, 3.63) is 0 Å². The van der Waals surface area contributed by atoms with Crippen LogP contribution < -0.4 is 0 Å². The van der Waals surface area contributed by atoms with Crippen LogP contribution in [-0.4, -0.2) is 5.78 Å². The Labute approximate surface area is 79.9 Å². The predicted molar refractivity (Wildman–Crippen MR) is 51.3 cm³/mol. The highest BCUT2D eigenvalue weighted by Gasteiger charge is 2.55. The molecule has 0 aromatic carbocycles. The topological polar surface area (TPSA) is 17.1 Å². The lowest BCUT2D eigenvalue weighted by atomic mass is 9.68. The van der Waals surface area contributed by atoms with Gasteiger partial charge in [0.15, 0.2) is 0 Å². The quantitative estimate of drug-likeness (QED) is 0.557. The maximum Gasteiger partial charge on any atom is 0.136 e. The van der Waals surface area contributed by atoms with Gasteiger partial charge in [-0.05, 0) is 49.4 Å². The van der Waals surface area contributed by atoms with Gasteiger partial charge < -0.3 is 0 Å². The van der Waals surface area contributed by atoms with Crippen LogP contribution in [0.5, 0.6) is 0 Å². The zero-order valence-electron chi connectivity index (χ0n) is 8.38. The SMILES string of the molecule is C[C@]12CC3CC1CCCC(=O)C3C2. The van der Waals surface area contributed by atoms with E-state index in [0.717, 1.165) is 18.3 Å². The van der Waals surface area contributed by atoms with Gasteiger partial charge >= 0.3 is 0 Å². The van der Waals surface area contributed by atoms with Crippen LogP contribution in [0, 0.1) is 23.2 Å². The molecule has 3 unspecified atom stereocenters. The van der Waals surface area contributed by atoms with Gasteiger partial charge in [-0.1, -0.05) is 6.92 Å². The Kier molecular flexibility index (Phi) is 1.46. The lowest BCUT2D eigenvalue weighted by Gasteiger charge is -2.36. The lowest BCUT2D eigenvalue weighted by molar-refractivity contribution is -0.126. The number of ketones is 1. The van der Waals surface area contributed by atoms with Gasteiger partial charge in [0.1, 0.15) is 5.78 Å². The summed E-state index contributed by atoms with van der Waals surface area (Å²) < 4.78 is 0. The molecule has 3 aliphatic rings. The molecule has 0 spiro atoms. The first kappa shape index (κ1) is 8.02. The maximum atomic E-state index is 11.8. The summed E-state index contributed by atoms with van der Waals surface area (Å²) in [4.78, 5) is 11.8. The molecular formula is C12H18O. The molecular weight excluding hydrogens is 160 g/mol. The molecule has 0 aliphatic heterocycles. The van der Waals surface area contributed by atoms with Crippen molar-refractivity contribution in [2.75, 3.05) is 0 Å². The number of rotatable bonds is 0. The first-order valence-electron chi connectivity index (χ1n) is 5.72. The van der Waals surface area contributed by atoms with E-state index in [-0.39, 0.29) is 0 Å². The van der Waals surface area contributed by atoms with Gasteiger partial charge in [-0.15, -0.1) is 0 Å². The Balaban J connectivity index is 1.97. The van der Waals surface area contributed by atoms with E-state index in [9.17, 15) is 4.79 Å². The zero-order valence-corrected chi connectivity index (χ0v) is 8.38. The van der Waals surface area contributed by atoms with Gasteiger partial charge in [-0.2, -0.15) is 0 Å². The van der Waals surface area contributed by atoms with Crippen molar-refractivity contribution in [2.45, 2.75) is 45.4 Å². The van der Waals surface area contributed by atoms with Gasteiger partial charge in [-0.25, -0.2) is 0 Å². The molecule has 0 saturated heterocycles. The highest BCUT2D eigenvalue weighted by Crippen LogP contribution is 2.62. The molecule has 0 heterocycles. The maximum absolute atomic E-state index is 11.8. The van der Waals surface area contributed by atoms with Crippen LogP contribution in [0.1, 0.15) is 45.4 Å². The summed E-state index contributed by atoms with van der Waals surface area (Å²) in [6, 6.07) is 0. The molecule has 3 bridgehead atoms. The van der Waals surface area contributed by atoms with Crippen molar-refractivity contribution < 1.29 is 4.79 Å². The van der Waals surface area contributed by atoms with E-state index < -0.39 is 0 Å². The van der Waals surface area contributed by atoms with Crippen molar-refractivity contribution in [2.24, 2.45) is 23.2 Å². The van der Waals surface area contributed by atoms with Crippen LogP contribution in [0.15, 0.2) is 0 Å². The van der Waals surface area contributed by atoms with Crippen molar-refractivity contribution in [3.63, 3.8) is 0 Å². The van der Waals surface area contributed by atoms with Crippen molar-refractivity contribution >= 4 is 5.78 Å². The number of carbonyl (C=O) groups excluding carboxylic acids is 1. The van der Waals surface area contributed by atoms with Crippen LogP contribution in [-0.2, 0) is 4.79 Å². The van der Waals surface area contributed by atoms with Gasteiger partial charge in [0.25, 0.3) is 0 Å². The molecule has 3 fully saturated rings. The Morgan fingerprint density at radius 2 is 2.23 bits per heavy atom. The molecule has 3 aliphatic carbocycles. The van der Waals surface area contributed by atoms with Crippen LogP contribution in [0.4, 0.5) is 0 Å². The molecule has 13 heavy (non-hydrogen) atoms. The van der Waals surface area contributed by atoms with E-state index in [0.29, 0.717) is 17.1 Å². The molecule has 0 aromatic rings. The fraction of sp³-hybridized carbons (Fsp3) is 0.917. The number of hydrogen-bond donors (Lipinski definition) is 0. The highest BCUT2D eigenvalue weighted by atomic mass is 16.1. The van der Waals surface area contributed by atoms with E-state index >= 15 is 0 Å². The molecule has 1 heteroatoms. The normalized spacial score (nSPS) is 53.9. The second-order valence-electron chi connectivity index (χ2n) is 5.72.